The SMILES string of the molecule is CC(=O)N1CC(C)(CO)Cc2ccccc21. The van der Waals surface area contributed by atoms with Gasteiger partial charge < -0.3 is 10.0 Å². The first-order valence-electron chi connectivity index (χ1n) is 5.53. The third-order valence-corrected chi connectivity index (χ3v) is 3.20. The Morgan fingerprint density at radius 2 is 2.19 bits per heavy atom. The highest BCUT2D eigenvalue weighted by Gasteiger charge is 2.34. The van der Waals surface area contributed by atoms with E-state index in [4.69, 9.17) is 0 Å². The molecule has 1 N–H and O–H groups in total. The molecule has 0 aromatic heterocycles. The Morgan fingerprint density at radius 3 is 2.81 bits per heavy atom. The van der Waals surface area contributed by atoms with Crippen molar-refractivity contribution in [2.45, 2.75) is 20.3 Å². The Kier molecular flexibility index (Phi) is 2.72. The minimum Gasteiger partial charge on any atom is -0.396 e. The molecule has 1 aromatic carbocycles. The Morgan fingerprint density at radius 1 is 1.50 bits per heavy atom. The standard InChI is InChI=1S/C13H17NO2/c1-10(16)14-8-13(2,9-15)7-11-5-3-4-6-12(11)14/h3-6,15H,7-9H2,1-2H3. The summed E-state index contributed by atoms with van der Waals surface area (Å²) < 4.78 is 0. The monoisotopic (exact) mass is 219 g/mol. The number of hydrogen-bond acceptors (Lipinski definition) is 2. The average molecular weight is 219 g/mol. The van der Waals surface area contributed by atoms with Crippen molar-refractivity contribution in [3.8, 4) is 0 Å². The van der Waals surface area contributed by atoms with Crippen molar-refractivity contribution < 1.29 is 9.90 Å². The number of aliphatic hydroxyl groups is 1. The lowest BCUT2D eigenvalue weighted by Crippen LogP contribution is -2.46. The van der Waals surface area contributed by atoms with Gasteiger partial charge in [0.2, 0.25) is 5.91 Å². The molecule has 1 aliphatic heterocycles. The van der Waals surface area contributed by atoms with E-state index in [2.05, 4.69) is 0 Å². The van der Waals surface area contributed by atoms with Crippen LogP contribution in [-0.2, 0) is 11.2 Å². The van der Waals surface area contributed by atoms with Crippen molar-refractivity contribution >= 4 is 11.6 Å². The lowest BCUT2D eigenvalue weighted by Gasteiger charge is -2.40. The lowest BCUT2D eigenvalue weighted by atomic mass is 9.80. The summed E-state index contributed by atoms with van der Waals surface area (Å²) in [5, 5.41) is 9.44. The number of benzene rings is 1. The van der Waals surface area contributed by atoms with E-state index in [1.165, 1.54) is 0 Å². The summed E-state index contributed by atoms with van der Waals surface area (Å²) in [5.74, 6) is 0.0341. The molecule has 3 heteroatoms. The number of para-hydroxylation sites is 1. The van der Waals surface area contributed by atoms with Gasteiger partial charge in [-0.15, -0.1) is 0 Å². The average Bonchev–Trinajstić information content (AvgIpc) is 2.28. The fourth-order valence-electron chi connectivity index (χ4n) is 2.29. The van der Waals surface area contributed by atoms with Gasteiger partial charge in [-0.1, -0.05) is 25.1 Å². The van der Waals surface area contributed by atoms with Crippen LogP contribution in [0.15, 0.2) is 24.3 Å². The Bertz CT molecular complexity index is 416. The van der Waals surface area contributed by atoms with Crippen molar-refractivity contribution in [2.24, 2.45) is 5.41 Å². The lowest BCUT2D eigenvalue weighted by molar-refractivity contribution is -0.117. The Labute approximate surface area is 95.7 Å². The highest BCUT2D eigenvalue weighted by molar-refractivity contribution is 5.93. The van der Waals surface area contributed by atoms with E-state index in [1.54, 1.807) is 11.8 Å². The van der Waals surface area contributed by atoms with Crippen LogP contribution in [0, 0.1) is 5.41 Å². The minimum atomic E-state index is -0.222. The van der Waals surface area contributed by atoms with Gasteiger partial charge in [0.1, 0.15) is 0 Å². The molecule has 0 bridgehead atoms. The number of amides is 1. The van der Waals surface area contributed by atoms with Crippen LogP contribution in [0.5, 0.6) is 0 Å². The number of carbonyl (C=O) groups is 1. The van der Waals surface area contributed by atoms with Crippen LogP contribution in [0.3, 0.4) is 0 Å². The van der Waals surface area contributed by atoms with Crippen LogP contribution in [0.2, 0.25) is 0 Å². The number of anilines is 1. The number of fused-ring (bicyclic) bond motifs is 1. The van der Waals surface area contributed by atoms with Crippen molar-refractivity contribution in [2.75, 3.05) is 18.1 Å². The maximum Gasteiger partial charge on any atom is 0.223 e. The van der Waals surface area contributed by atoms with E-state index in [1.807, 2.05) is 31.2 Å². The van der Waals surface area contributed by atoms with Crippen LogP contribution in [0.25, 0.3) is 0 Å². The van der Waals surface area contributed by atoms with Gasteiger partial charge in [-0.05, 0) is 18.1 Å². The molecule has 1 heterocycles. The van der Waals surface area contributed by atoms with Gasteiger partial charge in [-0.3, -0.25) is 4.79 Å². The smallest absolute Gasteiger partial charge is 0.223 e. The number of nitrogens with zero attached hydrogens (tertiary/aromatic N) is 1. The summed E-state index contributed by atoms with van der Waals surface area (Å²) in [6.07, 6.45) is 0.823. The van der Waals surface area contributed by atoms with E-state index in [-0.39, 0.29) is 17.9 Å². The second-order valence-corrected chi connectivity index (χ2v) is 4.88. The number of rotatable bonds is 1. The molecule has 0 aliphatic carbocycles. The topological polar surface area (TPSA) is 40.5 Å². The molecule has 16 heavy (non-hydrogen) atoms. The van der Waals surface area contributed by atoms with Crippen LogP contribution < -0.4 is 4.90 Å². The van der Waals surface area contributed by atoms with Gasteiger partial charge in [0.25, 0.3) is 0 Å². The molecule has 0 saturated heterocycles. The molecule has 1 atom stereocenters. The number of hydrogen-bond donors (Lipinski definition) is 1. The zero-order chi connectivity index (χ0) is 11.8. The third-order valence-electron chi connectivity index (χ3n) is 3.20. The molecule has 1 aromatic rings. The van der Waals surface area contributed by atoms with Crippen molar-refractivity contribution in [3.63, 3.8) is 0 Å². The molecular formula is C13H17NO2. The van der Waals surface area contributed by atoms with Crippen LogP contribution in [-0.4, -0.2) is 24.2 Å². The van der Waals surface area contributed by atoms with Crippen molar-refractivity contribution in [3.05, 3.63) is 29.8 Å². The minimum absolute atomic E-state index is 0.0341. The normalized spacial score (nSPS) is 24.1. The van der Waals surface area contributed by atoms with Crippen LogP contribution in [0.4, 0.5) is 5.69 Å². The number of carbonyl (C=O) groups excluding carboxylic acids is 1. The van der Waals surface area contributed by atoms with Gasteiger partial charge in [0.05, 0.1) is 6.61 Å². The van der Waals surface area contributed by atoms with E-state index in [9.17, 15) is 9.90 Å². The summed E-state index contributed by atoms with van der Waals surface area (Å²) in [6, 6.07) is 7.91. The van der Waals surface area contributed by atoms with Gasteiger partial charge in [0, 0.05) is 24.6 Å². The predicted octanol–water partition coefficient (Wildman–Crippen LogP) is 1.59. The molecular weight excluding hydrogens is 202 g/mol. The van der Waals surface area contributed by atoms with E-state index < -0.39 is 0 Å². The molecule has 0 saturated carbocycles. The zero-order valence-electron chi connectivity index (χ0n) is 9.73. The number of aliphatic hydroxyl groups excluding tert-OH is 1. The first kappa shape index (κ1) is 11.1. The maximum atomic E-state index is 11.6. The molecule has 0 fully saturated rings. The van der Waals surface area contributed by atoms with Gasteiger partial charge >= 0.3 is 0 Å². The fourth-order valence-corrected chi connectivity index (χ4v) is 2.29. The second-order valence-electron chi connectivity index (χ2n) is 4.88. The summed E-state index contributed by atoms with van der Waals surface area (Å²) >= 11 is 0. The van der Waals surface area contributed by atoms with E-state index in [0.717, 1.165) is 17.7 Å². The third kappa shape index (κ3) is 1.83. The van der Waals surface area contributed by atoms with Gasteiger partial charge in [0.15, 0.2) is 0 Å². The first-order valence-corrected chi connectivity index (χ1v) is 5.53. The largest absolute Gasteiger partial charge is 0.396 e. The zero-order valence-corrected chi connectivity index (χ0v) is 9.73. The van der Waals surface area contributed by atoms with Crippen molar-refractivity contribution in [1.29, 1.82) is 0 Å². The van der Waals surface area contributed by atoms with Crippen LogP contribution in [0.1, 0.15) is 19.4 Å². The molecule has 0 spiro atoms. The maximum absolute atomic E-state index is 11.6. The second kappa shape index (κ2) is 3.91. The quantitative estimate of drug-likeness (QED) is 0.779. The molecule has 1 unspecified atom stereocenters. The molecule has 3 nitrogen and oxygen atoms in total. The van der Waals surface area contributed by atoms with E-state index in [0.29, 0.717) is 6.54 Å². The van der Waals surface area contributed by atoms with Gasteiger partial charge in [-0.2, -0.15) is 0 Å². The summed E-state index contributed by atoms with van der Waals surface area (Å²) in [7, 11) is 0. The molecule has 0 radical (unpaired) electrons. The Balaban J connectivity index is 2.45. The predicted molar refractivity (Wildman–Crippen MR) is 63.4 cm³/mol. The molecule has 86 valence electrons. The summed E-state index contributed by atoms with van der Waals surface area (Å²) in [6.45, 7) is 4.28. The fraction of sp³-hybridized carbons (Fsp3) is 0.462. The van der Waals surface area contributed by atoms with Crippen molar-refractivity contribution in [1.82, 2.24) is 0 Å². The van der Waals surface area contributed by atoms with E-state index >= 15 is 0 Å². The van der Waals surface area contributed by atoms with Gasteiger partial charge in [-0.25, -0.2) is 0 Å². The Hall–Kier alpha value is -1.35. The molecule has 2 rings (SSSR count). The summed E-state index contributed by atoms with van der Waals surface area (Å²) in [5.41, 5.74) is 1.90. The highest BCUT2D eigenvalue weighted by atomic mass is 16.3. The summed E-state index contributed by atoms with van der Waals surface area (Å²) in [4.78, 5) is 13.4. The highest BCUT2D eigenvalue weighted by Crippen LogP contribution is 2.35. The molecule has 1 amide bonds. The first-order chi connectivity index (χ1) is 7.56. The van der Waals surface area contributed by atoms with Crippen LogP contribution >= 0.6 is 0 Å². The molecule has 1 aliphatic rings.